The van der Waals surface area contributed by atoms with Crippen LogP contribution in [0.2, 0.25) is 0 Å². The molecule has 1 aliphatic rings. The number of rotatable bonds is 3. The minimum absolute atomic E-state index is 0.0273. The number of fused-ring (bicyclic) bond motifs is 2. The second-order valence-electron chi connectivity index (χ2n) is 7.60. The van der Waals surface area contributed by atoms with Crippen LogP contribution in [0, 0.1) is 0 Å². The molecule has 1 N–H and O–H groups in total. The first-order chi connectivity index (χ1) is 12.8. The number of benzene rings is 3. The van der Waals surface area contributed by atoms with Crippen molar-refractivity contribution in [2.45, 2.75) is 25.7 Å². The van der Waals surface area contributed by atoms with Crippen molar-refractivity contribution in [3.05, 3.63) is 76.9 Å². The molecule has 0 fully saturated rings. The number of carbonyl (C=O) groups is 2. The van der Waals surface area contributed by atoms with Crippen molar-refractivity contribution in [1.82, 2.24) is 0 Å². The molecule has 3 aromatic carbocycles. The zero-order chi connectivity index (χ0) is 19.2. The summed E-state index contributed by atoms with van der Waals surface area (Å²) < 4.78 is 5.73. The first-order valence-electron chi connectivity index (χ1n) is 8.94. The second-order valence-corrected chi connectivity index (χ2v) is 7.60. The normalized spacial score (nSPS) is 15.0. The van der Waals surface area contributed by atoms with Gasteiger partial charge < -0.3 is 9.84 Å². The standard InChI is InChI=1S/C23H20O4/c1-23(2)9-10-27-20-8-7-17(13-19(20)23)21(24)16-5-3-15-12-18(22(25)26)6-4-14(15)11-16/h3-8,11-13H,9-10H2,1-2H3,(H,25,26). The number of ketones is 1. The van der Waals surface area contributed by atoms with Crippen molar-refractivity contribution in [1.29, 1.82) is 0 Å². The molecule has 0 aliphatic carbocycles. The van der Waals surface area contributed by atoms with Crippen LogP contribution in [0.15, 0.2) is 54.6 Å². The molecule has 3 aromatic rings. The van der Waals surface area contributed by atoms with Crippen LogP contribution < -0.4 is 4.74 Å². The summed E-state index contributed by atoms with van der Waals surface area (Å²) in [7, 11) is 0. The van der Waals surface area contributed by atoms with Gasteiger partial charge in [-0.15, -0.1) is 0 Å². The highest BCUT2D eigenvalue weighted by Gasteiger charge is 2.29. The summed E-state index contributed by atoms with van der Waals surface area (Å²) in [6, 6.07) is 15.9. The molecule has 4 nitrogen and oxygen atoms in total. The van der Waals surface area contributed by atoms with E-state index >= 15 is 0 Å². The minimum atomic E-state index is -0.962. The average Bonchev–Trinajstić information content (AvgIpc) is 2.66. The molecule has 0 spiro atoms. The molecule has 0 atom stereocenters. The lowest BCUT2D eigenvalue weighted by Gasteiger charge is -2.32. The lowest BCUT2D eigenvalue weighted by atomic mass is 9.79. The Balaban J connectivity index is 1.72. The number of aromatic carboxylic acids is 1. The van der Waals surface area contributed by atoms with Crippen molar-refractivity contribution in [3.8, 4) is 5.75 Å². The van der Waals surface area contributed by atoms with E-state index in [1.165, 1.54) is 0 Å². The van der Waals surface area contributed by atoms with Crippen molar-refractivity contribution in [3.63, 3.8) is 0 Å². The van der Waals surface area contributed by atoms with Gasteiger partial charge in [-0.25, -0.2) is 4.79 Å². The lowest BCUT2D eigenvalue weighted by molar-refractivity contribution is 0.0697. The third-order valence-electron chi connectivity index (χ3n) is 5.30. The van der Waals surface area contributed by atoms with E-state index in [1.54, 1.807) is 36.4 Å². The van der Waals surface area contributed by atoms with E-state index in [4.69, 9.17) is 9.84 Å². The second kappa shape index (κ2) is 6.23. The first-order valence-corrected chi connectivity index (χ1v) is 8.94. The number of hydrogen-bond acceptors (Lipinski definition) is 3. The number of ether oxygens (including phenoxy) is 1. The fraction of sp³-hybridized carbons (Fsp3) is 0.217. The van der Waals surface area contributed by atoms with Crippen LogP contribution in [0.1, 0.15) is 52.1 Å². The fourth-order valence-corrected chi connectivity index (χ4v) is 3.56. The van der Waals surface area contributed by atoms with Gasteiger partial charge in [-0.05, 0) is 59.0 Å². The quantitative estimate of drug-likeness (QED) is 0.680. The first kappa shape index (κ1) is 17.3. The SMILES string of the molecule is CC1(C)CCOc2ccc(C(=O)c3ccc4cc(C(=O)O)ccc4c3)cc21. The monoisotopic (exact) mass is 360 g/mol. The van der Waals surface area contributed by atoms with Crippen LogP contribution in [0.5, 0.6) is 5.75 Å². The Morgan fingerprint density at radius 3 is 2.19 bits per heavy atom. The highest BCUT2D eigenvalue weighted by molar-refractivity contribution is 6.11. The van der Waals surface area contributed by atoms with Gasteiger partial charge in [-0.1, -0.05) is 32.0 Å². The summed E-state index contributed by atoms with van der Waals surface area (Å²) in [6.07, 6.45) is 0.916. The predicted molar refractivity (Wildman–Crippen MR) is 104 cm³/mol. The Morgan fingerprint density at radius 1 is 0.889 bits per heavy atom. The lowest BCUT2D eigenvalue weighted by Crippen LogP contribution is -2.27. The molecule has 0 aromatic heterocycles. The molecule has 4 rings (SSSR count). The van der Waals surface area contributed by atoms with E-state index in [2.05, 4.69) is 13.8 Å². The van der Waals surface area contributed by atoms with Gasteiger partial charge in [-0.2, -0.15) is 0 Å². The number of hydrogen-bond donors (Lipinski definition) is 1. The molecule has 0 saturated carbocycles. The number of carboxylic acid groups (broad SMARTS) is 1. The molecule has 4 heteroatoms. The van der Waals surface area contributed by atoms with E-state index in [9.17, 15) is 9.59 Å². The molecule has 0 unspecified atom stereocenters. The maximum Gasteiger partial charge on any atom is 0.335 e. The number of carbonyl (C=O) groups excluding carboxylic acids is 1. The molecule has 1 aliphatic heterocycles. The predicted octanol–water partition coefficient (Wildman–Crippen LogP) is 4.83. The Labute approximate surface area is 157 Å². The van der Waals surface area contributed by atoms with Gasteiger partial charge in [0.15, 0.2) is 5.78 Å². The van der Waals surface area contributed by atoms with Gasteiger partial charge in [0.25, 0.3) is 0 Å². The molecule has 0 amide bonds. The summed E-state index contributed by atoms with van der Waals surface area (Å²) in [5, 5.41) is 10.7. The molecule has 0 saturated heterocycles. The summed E-state index contributed by atoms with van der Waals surface area (Å²) in [4.78, 5) is 24.1. The van der Waals surface area contributed by atoms with Crippen LogP contribution >= 0.6 is 0 Å². The van der Waals surface area contributed by atoms with Gasteiger partial charge in [0, 0.05) is 16.7 Å². The zero-order valence-electron chi connectivity index (χ0n) is 15.3. The molecule has 27 heavy (non-hydrogen) atoms. The van der Waals surface area contributed by atoms with Crippen molar-refractivity contribution in [2.75, 3.05) is 6.61 Å². The van der Waals surface area contributed by atoms with Gasteiger partial charge >= 0.3 is 5.97 Å². The van der Waals surface area contributed by atoms with Gasteiger partial charge in [0.05, 0.1) is 12.2 Å². The van der Waals surface area contributed by atoms with Crippen molar-refractivity contribution < 1.29 is 19.4 Å². The number of carboxylic acids is 1. The smallest absolute Gasteiger partial charge is 0.335 e. The fourth-order valence-electron chi connectivity index (χ4n) is 3.56. The van der Waals surface area contributed by atoms with Crippen LogP contribution in [0.4, 0.5) is 0 Å². The Bertz CT molecular complexity index is 1080. The van der Waals surface area contributed by atoms with Gasteiger partial charge in [-0.3, -0.25) is 4.79 Å². The van der Waals surface area contributed by atoms with Crippen molar-refractivity contribution >= 4 is 22.5 Å². The summed E-state index contributed by atoms with van der Waals surface area (Å²) in [5.74, 6) is -0.165. The van der Waals surface area contributed by atoms with Crippen LogP contribution in [-0.4, -0.2) is 23.5 Å². The van der Waals surface area contributed by atoms with E-state index in [1.807, 2.05) is 18.2 Å². The summed E-state index contributed by atoms with van der Waals surface area (Å²) in [6.45, 7) is 5.02. The van der Waals surface area contributed by atoms with Gasteiger partial charge in [0.2, 0.25) is 0 Å². The Hall–Kier alpha value is -3.14. The zero-order valence-corrected chi connectivity index (χ0v) is 15.3. The van der Waals surface area contributed by atoms with E-state index in [-0.39, 0.29) is 16.8 Å². The highest BCUT2D eigenvalue weighted by Crippen LogP contribution is 2.39. The molecule has 1 heterocycles. The third kappa shape index (κ3) is 3.08. The Morgan fingerprint density at radius 2 is 1.48 bits per heavy atom. The van der Waals surface area contributed by atoms with Crippen LogP contribution in [-0.2, 0) is 5.41 Å². The van der Waals surface area contributed by atoms with Crippen LogP contribution in [0.3, 0.4) is 0 Å². The molecule has 0 radical (unpaired) electrons. The maximum atomic E-state index is 13.0. The molecule has 0 bridgehead atoms. The van der Waals surface area contributed by atoms with E-state index in [0.29, 0.717) is 17.7 Å². The highest BCUT2D eigenvalue weighted by atomic mass is 16.5. The third-order valence-corrected chi connectivity index (χ3v) is 5.30. The van der Waals surface area contributed by atoms with Crippen molar-refractivity contribution in [2.24, 2.45) is 0 Å². The Kier molecular flexibility index (Phi) is 3.99. The molecule has 136 valence electrons. The van der Waals surface area contributed by atoms with Gasteiger partial charge in [0.1, 0.15) is 5.75 Å². The molecular weight excluding hydrogens is 340 g/mol. The average molecular weight is 360 g/mol. The maximum absolute atomic E-state index is 13.0. The summed E-state index contributed by atoms with van der Waals surface area (Å²) in [5.41, 5.74) is 2.49. The summed E-state index contributed by atoms with van der Waals surface area (Å²) >= 11 is 0. The van der Waals surface area contributed by atoms with E-state index < -0.39 is 5.97 Å². The molecular formula is C23H20O4. The minimum Gasteiger partial charge on any atom is -0.493 e. The topological polar surface area (TPSA) is 63.6 Å². The van der Waals surface area contributed by atoms with Crippen LogP contribution in [0.25, 0.3) is 10.8 Å². The van der Waals surface area contributed by atoms with E-state index in [0.717, 1.165) is 28.5 Å². The largest absolute Gasteiger partial charge is 0.493 e.